The minimum atomic E-state index is 0.0632. The normalized spacial score (nSPS) is 20.8. The monoisotopic (exact) mass is 322 g/mol. The Morgan fingerprint density at radius 2 is 2.00 bits per heavy atom. The fourth-order valence-electron chi connectivity index (χ4n) is 3.45. The molecule has 0 spiro atoms. The number of likely N-dealkylation sites (tertiary alicyclic amines) is 1. The number of nitrogens with zero attached hydrogens (tertiary/aromatic N) is 4. The molecule has 1 amide bonds. The Morgan fingerprint density at radius 1 is 1.17 bits per heavy atom. The molecule has 5 nitrogen and oxygen atoms in total. The van der Waals surface area contributed by atoms with Gasteiger partial charge in [-0.25, -0.2) is 9.97 Å². The summed E-state index contributed by atoms with van der Waals surface area (Å²) in [7, 11) is 0. The van der Waals surface area contributed by atoms with E-state index < -0.39 is 0 Å². The number of amides is 1. The summed E-state index contributed by atoms with van der Waals surface area (Å²) < 4.78 is 0. The fourth-order valence-corrected chi connectivity index (χ4v) is 3.45. The van der Waals surface area contributed by atoms with Gasteiger partial charge in [0.05, 0.1) is 5.56 Å². The summed E-state index contributed by atoms with van der Waals surface area (Å²) in [5.41, 5.74) is 1.86. The lowest BCUT2D eigenvalue weighted by molar-refractivity contribution is 0.0672. The molecule has 0 radical (unpaired) electrons. The number of hydrogen-bond acceptors (Lipinski definition) is 4. The van der Waals surface area contributed by atoms with Crippen LogP contribution in [-0.2, 0) is 6.42 Å². The zero-order chi connectivity index (χ0) is 16.4. The van der Waals surface area contributed by atoms with Crippen LogP contribution in [0.15, 0.2) is 36.9 Å². The Balaban J connectivity index is 1.40. The van der Waals surface area contributed by atoms with Gasteiger partial charge in [-0.15, -0.1) is 0 Å². The average molecular weight is 322 g/mol. The fraction of sp³-hybridized carbons (Fsp3) is 0.474. The standard InChI is InChI=1S/C19H22N4O/c24-19(17-11-21-18(22-12-17)16-5-6-16)23-8-2-4-15(13-23)9-14-3-1-7-20-10-14/h1,3,7,10-12,15-16H,2,4-6,8-9,13H2/t15-/m0/s1. The first kappa shape index (κ1) is 15.2. The molecule has 2 aromatic rings. The number of aromatic nitrogens is 3. The van der Waals surface area contributed by atoms with E-state index in [-0.39, 0.29) is 5.91 Å². The lowest BCUT2D eigenvalue weighted by atomic mass is 9.91. The zero-order valence-corrected chi connectivity index (χ0v) is 13.8. The molecule has 24 heavy (non-hydrogen) atoms. The summed E-state index contributed by atoms with van der Waals surface area (Å²) in [6, 6.07) is 4.08. The highest BCUT2D eigenvalue weighted by molar-refractivity contribution is 5.93. The molecule has 1 atom stereocenters. The van der Waals surface area contributed by atoms with Gasteiger partial charge >= 0.3 is 0 Å². The predicted molar refractivity (Wildman–Crippen MR) is 90.6 cm³/mol. The molecule has 0 N–H and O–H groups in total. The molecular weight excluding hydrogens is 300 g/mol. The van der Waals surface area contributed by atoms with Crippen LogP contribution in [0.4, 0.5) is 0 Å². The maximum atomic E-state index is 12.7. The number of carbonyl (C=O) groups excluding carboxylic acids is 1. The summed E-state index contributed by atoms with van der Waals surface area (Å²) in [4.78, 5) is 27.6. The van der Waals surface area contributed by atoms with Gasteiger partial charge in [-0.1, -0.05) is 6.07 Å². The lowest BCUT2D eigenvalue weighted by Gasteiger charge is -2.32. The van der Waals surface area contributed by atoms with Crippen molar-refractivity contribution < 1.29 is 4.79 Å². The van der Waals surface area contributed by atoms with Crippen LogP contribution in [0.2, 0.25) is 0 Å². The summed E-state index contributed by atoms with van der Waals surface area (Å²) in [6.07, 6.45) is 12.7. The van der Waals surface area contributed by atoms with Gasteiger partial charge in [-0.3, -0.25) is 9.78 Å². The number of rotatable bonds is 4. The van der Waals surface area contributed by atoms with Crippen LogP contribution in [0.1, 0.15) is 53.3 Å². The molecule has 0 bridgehead atoms. The van der Waals surface area contributed by atoms with Crippen LogP contribution in [0.25, 0.3) is 0 Å². The van der Waals surface area contributed by atoms with Crippen LogP contribution in [-0.4, -0.2) is 38.8 Å². The Kier molecular flexibility index (Phi) is 4.24. The second-order valence-corrected chi connectivity index (χ2v) is 6.93. The van der Waals surface area contributed by atoms with Crippen LogP contribution in [0, 0.1) is 5.92 Å². The molecule has 0 unspecified atom stereocenters. The maximum Gasteiger partial charge on any atom is 0.256 e. The average Bonchev–Trinajstić information content (AvgIpc) is 3.48. The Hall–Kier alpha value is -2.30. The van der Waals surface area contributed by atoms with Crippen molar-refractivity contribution in [1.82, 2.24) is 19.9 Å². The Bertz CT molecular complexity index is 697. The van der Waals surface area contributed by atoms with E-state index in [1.807, 2.05) is 17.2 Å². The van der Waals surface area contributed by atoms with E-state index in [2.05, 4.69) is 21.0 Å². The second-order valence-electron chi connectivity index (χ2n) is 6.93. The first-order chi connectivity index (χ1) is 11.8. The van der Waals surface area contributed by atoms with Gasteiger partial charge in [0.1, 0.15) is 5.82 Å². The van der Waals surface area contributed by atoms with Crippen molar-refractivity contribution >= 4 is 5.91 Å². The maximum absolute atomic E-state index is 12.7. The van der Waals surface area contributed by atoms with Crippen molar-refractivity contribution in [2.45, 2.75) is 38.0 Å². The molecule has 1 aliphatic heterocycles. The quantitative estimate of drug-likeness (QED) is 0.868. The highest BCUT2D eigenvalue weighted by Gasteiger charge is 2.28. The van der Waals surface area contributed by atoms with Gasteiger partial charge in [0, 0.05) is 43.8 Å². The van der Waals surface area contributed by atoms with Crippen molar-refractivity contribution in [2.75, 3.05) is 13.1 Å². The third-order valence-corrected chi connectivity index (χ3v) is 4.91. The minimum Gasteiger partial charge on any atom is -0.338 e. The van der Waals surface area contributed by atoms with Gasteiger partial charge in [0.2, 0.25) is 0 Å². The van der Waals surface area contributed by atoms with Gasteiger partial charge in [0.25, 0.3) is 5.91 Å². The van der Waals surface area contributed by atoms with Crippen LogP contribution in [0.5, 0.6) is 0 Å². The van der Waals surface area contributed by atoms with E-state index in [4.69, 9.17) is 0 Å². The van der Waals surface area contributed by atoms with E-state index in [0.29, 0.717) is 17.4 Å². The van der Waals surface area contributed by atoms with E-state index in [0.717, 1.165) is 38.2 Å². The molecule has 124 valence electrons. The van der Waals surface area contributed by atoms with Gasteiger partial charge in [0.15, 0.2) is 0 Å². The second kappa shape index (κ2) is 6.67. The van der Waals surface area contributed by atoms with E-state index >= 15 is 0 Å². The molecule has 3 heterocycles. The molecule has 1 saturated carbocycles. The summed E-state index contributed by atoms with van der Waals surface area (Å²) in [5, 5.41) is 0. The van der Waals surface area contributed by atoms with Crippen LogP contribution < -0.4 is 0 Å². The first-order valence-electron chi connectivity index (χ1n) is 8.80. The first-order valence-corrected chi connectivity index (χ1v) is 8.80. The van der Waals surface area contributed by atoms with Crippen molar-refractivity contribution in [3.05, 3.63) is 53.9 Å². The molecule has 2 aromatic heterocycles. The van der Waals surface area contributed by atoms with Crippen molar-refractivity contribution in [2.24, 2.45) is 5.92 Å². The summed E-state index contributed by atoms with van der Waals surface area (Å²) in [5.74, 6) is 1.97. The molecular formula is C19H22N4O. The van der Waals surface area contributed by atoms with Gasteiger partial charge in [-0.05, 0) is 49.7 Å². The largest absolute Gasteiger partial charge is 0.338 e. The Labute approximate surface area is 142 Å². The molecule has 1 aliphatic carbocycles. The highest BCUT2D eigenvalue weighted by atomic mass is 16.2. The van der Waals surface area contributed by atoms with E-state index in [9.17, 15) is 4.79 Å². The molecule has 5 heteroatoms. The van der Waals surface area contributed by atoms with Gasteiger partial charge < -0.3 is 4.90 Å². The third kappa shape index (κ3) is 3.45. The highest BCUT2D eigenvalue weighted by Crippen LogP contribution is 2.37. The number of piperidine rings is 1. The van der Waals surface area contributed by atoms with Crippen molar-refractivity contribution in [3.63, 3.8) is 0 Å². The number of hydrogen-bond donors (Lipinski definition) is 0. The summed E-state index contributed by atoms with van der Waals surface area (Å²) in [6.45, 7) is 1.63. The van der Waals surface area contributed by atoms with Crippen LogP contribution in [0.3, 0.4) is 0 Å². The van der Waals surface area contributed by atoms with Crippen molar-refractivity contribution in [3.8, 4) is 0 Å². The topological polar surface area (TPSA) is 59.0 Å². The minimum absolute atomic E-state index is 0.0632. The molecule has 1 saturated heterocycles. The van der Waals surface area contributed by atoms with E-state index in [1.165, 1.54) is 18.4 Å². The predicted octanol–water partition coefficient (Wildman–Crippen LogP) is 2.84. The zero-order valence-electron chi connectivity index (χ0n) is 13.8. The number of carbonyl (C=O) groups is 1. The summed E-state index contributed by atoms with van der Waals surface area (Å²) >= 11 is 0. The number of pyridine rings is 1. The molecule has 2 aliphatic rings. The smallest absolute Gasteiger partial charge is 0.256 e. The van der Waals surface area contributed by atoms with E-state index in [1.54, 1.807) is 18.6 Å². The Morgan fingerprint density at radius 3 is 2.71 bits per heavy atom. The lowest BCUT2D eigenvalue weighted by Crippen LogP contribution is -2.40. The molecule has 4 rings (SSSR count). The molecule has 0 aromatic carbocycles. The van der Waals surface area contributed by atoms with Crippen molar-refractivity contribution in [1.29, 1.82) is 0 Å². The SMILES string of the molecule is O=C(c1cnc(C2CC2)nc1)N1CCC[C@@H](Cc2cccnc2)C1. The van der Waals surface area contributed by atoms with Gasteiger partial charge in [-0.2, -0.15) is 0 Å². The third-order valence-electron chi connectivity index (χ3n) is 4.91. The van der Waals surface area contributed by atoms with Crippen LogP contribution >= 0.6 is 0 Å². The molecule has 2 fully saturated rings.